The predicted molar refractivity (Wildman–Crippen MR) is 88.0 cm³/mol. The summed E-state index contributed by atoms with van der Waals surface area (Å²) in [7, 11) is 0. The smallest absolute Gasteiger partial charge is 0.227 e. The Labute approximate surface area is 137 Å². The fraction of sp³-hybridized carbons (Fsp3) is 0.750. The Hall–Kier alpha value is -1.44. The van der Waals surface area contributed by atoms with Crippen molar-refractivity contribution in [2.75, 3.05) is 44.7 Å². The van der Waals surface area contributed by atoms with Crippen molar-refractivity contribution in [2.45, 2.75) is 25.8 Å². The first-order valence-corrected chi connectivity index (χ1v) is 8.60. The summed E-state index contributed by atoms with van der Waals surface area (Å²) in [6, 6.07) is 0. The molecule has 2 aliphatic rings. The van der Waals surface area contributed by atoms with E-state index in [1.54, 1.807) is 6.20 Å². The van der Waals surface area contributed by atoms with Gasteiger partial charge in [0.15, 0.2) is 0 Å². The first-order chi connectivity index (χ1) is 11.3. The molecule has 0 spiro atoms. The summed E-state index contributed by atoms with van der Waals surface area (Å²) in [4.78, 5) is 14.7. The molecular weight excluding hydrogens is 294 g/mol. The highest BCUT2D eigenvalue weighted by atomic mass is 16.5. The van der Waals surface area contributed by atoms with E-state index in [1.165, 1.54) is 0 Å². The Morgan fingerprint density at radius 2 is 2.17 bits per heavy atom. The second-order valence-corrected chi connectivity index (χ2v) is 6.47. The van der Waals surface area contributed by atoms with Crippen molar-refractivity contribution in [3.05, 3.63) is 12.4 Å². The number of hydrogen-bond donors (Lipinski definition) is 2. The molecule has 1 saturated heterocycles. The van der Waals surface area contributed by atoms with E-state index in [9.17, 15) is 4.79 Å². The van der Waals surface area contributed by atoms with Gasteiger partial charge in [0, 0.05) is 31.7 Å². The molecule has 1 aliphatic heterocycles. The first kappa shape index (κ1) is 16.4. The molecule has 2 fully saturated rings. The van der Waals surface area contributed by atoms with E-state index in [-0.39, 0.29) is 11.8 Å². The fourth-order valence-corrected chi connectivity index (χ4v) is 3.52. The van der Waals surface area contributed by atoms with E-state index in [0.29, 0.717) is 12.5 Å². The second-order valence-electron chi connectivity index (χ2n) is 6.47. The van der Waals surface area contributed by atoms with Crippen molar-refractivity contribution in [1.29, 1.82) is 0 Å². The lowest BCUT2D eigenvalue weighted by Gasteiger charge is -2.26. The highest BCUT2D eigenvalue weighted by Gasteiger charge is 2.32. The van der Waals surface area contributed by atoms with Gasteiger partial charge in [-0.1, -0.05) is 6.42 Å². The molecule has 1 aliphatic carbocycles. The standard InChI is InChI=1S/C16H27N5O2/c17-10-13-2-1-3-15(13)16(22)19-14-11-18-21(12-14)5-4-20-6-8-23-9-7-20/h11-13,15H,1-10,17H2,(H,19,22)/t13-,15-/m1/s1. The zero-order valence-electron chi connectivity index (χ0n) is 13.6. The molecule has 23 heavy (non-hydrogen) atoms. The van der Waals surface area contributed by atoms with Gasteiger partial charge >= 0.3 is 0 Å². The van der Waals surface area contributed by atoms with Crippen LogP contribution in [-0.4, -0.2) is 60.0 Å². The van der Waals surface area contributed by atoms with Crippen molar-refractivity contribution >= 4 is 11.6 Å². The average molecular weight is 321 g/mol. The number of nitrogens with one attached hydrogen (secondary N) is 1. The third-order valence-electron chi connectivity index (χ3n) is 4.95. The molecule has 128 valence electrons. The van der Waals surface area contributed by atoms with Crippen LogP contribution in [0.5, 0.6) is 0 Å². The number of rotatable bonds is 6. The Morgan fingerprint density at radius 1 is 1.35 bits per heavy atom. The van der Waals surface area contributed by atoms with Gasteiger partial charge in [-0.3, -0.25) is 14.4 Å². The van der Waals surface area contributed by atoms with Crippen LogP contribution >= 0.6 is 0 Å². The van der Waals surface area contributed by atoms with Gasteiger partial charge in [0.25, 0.3) is 0 Å². The molecule has 1 aromatic rings. The van der Waals surface area contributed by atoms with Crippen LogP contribution in [0, 0.1) is 11.8 Å². The number of amides is 1. The molecule has 3 N–H and O–H groups in total. The number of aromatic nitrogens is 2. The molecule has 1 aromatic heterocycles. The number of carbonyl (C=O) groups is 1. The van der Waals surface area contributed by atoms with Gasteiger partial charge in [-0.25, -0.2) is 0 Å². The summed E-state index contributed by atoms with van der Waals surface area (Å²) in [6.45, 7) is 5.95. The fourth-order valence-electron chi connectivity index (χ4n) is 3.52. The zero-order chi connectivity index (χ0) is 16.1. The van der Waals surface area contributed by atoms with Crippen LogP contribution in [0.1, 0.15) is 19.3 Å². The van der Waals surface area contributed by atoms with Crippen molar-refractivity contribution in [2.24, 2.45) is 17.6 Å². The lowest BCUT2D eigenvalue weighted by atomic mass is 9.95. The van der Waals surface area contributed by atoms with Crippen LogP contribution in [0.3, 0.4) is 0 Å². The summed E-state index contributed by atoms with van der Waals surface area (Å²) in [6.07, 6.45) is 6.74. The number of nitrogens with two attached hydrogens (primary N) is 1. The van der Waals surface area contributed by atoms with Gasteiger partial charge in [0.2, 0.25) is 5.91 Å². The third-order valence-corrected chi connectivity index (χ3v) is 4.95. The number of morpholine rings is 1. The van der Waals surface area contributed by atoms with Crippen LogP contribution in [0.4, 0.5) is 5.69 Å². The quantitative estimate of drug-likeness (QED) is 0.798. The molecule has 0 aromatic carbocycles. The summed E-state index contributed by atoms with van der Waals surface area (Å²) in [5.74, 6) is 0.466. The van der Waals surface area contributed by atoms with Crippen LogP contribution in [-0.2, 0) is 16.1 Å². The van der Waals surface area contributed by atoms with Crippen molar-refractivity contribution in [1.82, 2.24) is 14.7 Å². The minimum Gasteiger partial charge on any atom is -0.379 e. The minimum atomic E-state index is 0.0525. The summed E-state index contributed by atoms with van der Waals surface area (Å²) < 4.78 is 7.23. The molecule has 0 bridgehead atoms. The topological polar surface area (TPSA) is 85.4 Å². The maximum atomic E-state index is 12.4. The Kier molecular flexibility index (Phi) is 5.64. The van der Waals surface area contributed by atoms with Crippen molar-refractivity contribution in [3.63, 3.8) is 0 Å². The number of carbonyl (C=O) groups excluding carboxylic acids is 1. The van der Waals surface area contributed by atoms with E-state index in [2.05, 4.69) is 15.3 Å². The number of hydrogen-bond acceptors (Lipinski definition) is 5. The van der Waals surface area contributed by atoms with Crippen molar-refractivity contribution in [3.8, 4) is 0 Å². The molecule has 0 unspecified atom stereocenters. The molecule has 0 radical (unpaired) electrons. The van der Waals surface area contributed by atoms with Crippen LogP contribution in [0.15, 0.2) is 12.4 Å². The average Bonchev–Trinajstić information content (AvgIpc) is 3.22. The van der Waals surface area contributed by atoms with Gasteiger partial charge < -0.3 is 15.8 Å². The molecular formula is C16H27N5O2. The summed E-state index contributed by atoms with van der Waals surface area (Å²) in [5.41, 5.74) is 6.54. The van der Waals surface area contributed by atoms with Crippen molar-refractivity contribution < 1.29 is 9.53 Å². The summed E-state index contributed by atoms with van der Waals surface area (Å²) >= 11 is 0. The van der Waals surface area contributed by atoms with E-state index in [0.717, 1.165) is 64.3 Å². The van der Waals surface area contributed by atoms with Crippen LogP contribution in [0.2, 0.25) is 0 Å². The van der Waals surface area contributed by atoms with E-state index < -0.39 is 0 Å². The molecule has 2 atom stereocenters. The molecule has 3 rings (SSSR count). The van der Waals surface area contributed by atoms with Gasteiger partial charge in [0.05, 0.1) is 31.6 Å². The van der Waals surface area contributed by atoms with Gasteiger partial charge in [-0.05, 0) is 25.3 Å². The number of ether oxygens (including phenoxy) is 1. The summed E-state index contributed by atoms with van der Waals surface area (Å²) in [5, 5.41) is 7.33. The lowest BCUT2D eigenvalue weighted by molar-refractivity contribution is -0.120. The maximum absolute atomic E-state index is 12.4. The van der Waals surface area contributed by atoms with Crippen LogP contribution in [0.25, 0.3) is 0 Å². The van der Waals surface area contributed by atoms with E-state index in [1.807, 2.05) is 10.9 Å². The van der Waals surface area contributed by atoms with Gasteiger partial charge in [0.1, 0.15) is 0 Å². The Balaban J connectivity index is 1.47. The van der Waals surface area contributed by atoms with Gasteiger partial charge in [-0.15, -0.1) is 0 Å². The molecule has 1 amide bonds. The van der Waals surface area contributed by atoms with Gasteiger partial charge in [-0.2, -0.15) is 5.10 Å². The normalized spacial score (nSPS) is 25.6. The zero-order valence-corrected chi connectivity index (χ0v) is 13.6. The molecule has 2 heterocycles. The highest BCUT2D eigenvalue weighted by Crippen LogP contribution is 2.31. The molecule has 1 saturated carbocycles. The number of anilines is 1. The van der Waals surface area contributed by atoms with E-state index in [4.69, 9.17) is 10.5 Å². The van der Waals surface area contributed by atoms with E-state index >= 15 is 0 Å². The minimum absolute atomic E-state index is 0.0525. The number of nitrogens with zero attached hydrogens (tertiary/aromatic N) is 3. The predicted octanol–water partition coefficient (Wildman–Crippen LogP) is 0.529. The Morgan fingerprint density at radius 3 is 2.96 bits per heavy atom. The third kappa shape index (κ3) is 4.31. The van der Waals surface area contributed by atoms with Crippen LogP contribution < -0.4 is 11.1 Å². The SMILES string of the molecule is NC[C@H]1CCC[C@H]1C(=O)Nc1cnn(CCN2CCOCC2)c1. The lowest BCUT2D eigenvalue weighted by Crippen LogP contribution is -2.38. The molecule has 7 heteroatoms. The largest absolute Gasteiger partial charge is 0.379 e. The second kappa shape index (κ2) is 7.90. The molecule has 7 nitrogen and oxygen atoms in total. The maximum Gasteiger partial charge on any atom is 0.227 e. The Bertz CT molecular complexity index is 512. The highest BCUT2D eigenvalue weighted by molar-refractivity contribution is 5.92. The monoisotopic (exact) mass is 321 g/mol. The first-order valence-electron chi connectivity index (χ1n) is 8.60.